The molecule has 1 aliphatic rings. The second kappa shape index (κ2) is 7.04. The topological polar surface area (TPSA) is 95.9 Å². The summed E-state index contributed by atoms with van der Waals surface area (Å²) < 4.78 is 5.27. The van der Waals surface area contributed by atoms with Gasteiger partial charge in [0.05, 0.1) is 11.5 Å². The Morgan fingerprint density at radius 1 is 1.24 bits per heavy atom. The number of rotatable bonds is 3. The van der Waals surface area contributed by atoms with Gasteiger partial charge in [0.15, 0.2) is 0 Å². The van der Waals surface area contributed by atoms with E-state index >= 15 is 0 Å². The molecule has 1 amide bonds. The lowest BCUT2D eigenvalue weighted by Gasteiger charge is -2.36. The normalized spacial score (nSPS) is 23.8. The van der Waals surface area contributed by atoms with Crippen LogP contribution in [0.4, 0.5) is 10.5 Å². The summed E-state index contributed by atoms with van der Waals surface area (Å²) in [6.07, 6.45) is 0.634. The third-order valence-corrected chi connectivity index (χ3v) is 4.64. The van der Waals surface area contributed by atoms with Gasteiger partial charge in [-0.2, -0.15) is 0 Å². The molecule has 1 saturated carbocycles. The minimum Gasteiger partial charge on any atom is -0.481 e. The van der Waals surface area contributed by atoms with Gasteiger partial charge >= 0.3 is 12.1 Å². The Balaban J connectivity index is 2.30. The van der Waals surface area contributed by atoms with Crippen LogP contribution in [0.25, 0.3) is 0 Å². The van der Waals surface area contributed by atoms with Crippen LogP contribution in [-0.4, -0.2) is 34.0 Å². The van der Waals surface area contributed by atoms with Crippen LogP contribution >= 0.6 is 0 Å². The second-order valence-corrected chi connectivity index (χ2v) is 7.78. The van der Waals surface area contributed by atoms with Crippen LogP contribution in [0, 0.1) is 6.92 Å². The highest BCUT2D eigenvalue weighted by Gasteiger charge is 2.43. The van der Waals surface area contributed by atoms with E-state index in [1.54, 1.807) is 39.0 Å². The number of aryl methyl sites for hydroxylation is 1. The number of nitrogens with one attached hydrogen (secondary N) is 1. The zero-order valence-corrected chi connectivity index (χ0v) is 15.3. The first kappa shape index (κ1) is 19.2. The van der Waals surface area contributed by atoms with Gasteiger partial charge in [-0.1, -0.05) is 12.1 Å². The van der Waals surface area contributed by atoms with Crippen molar-refractivity contribution in [2.75, 3.05) is 5.32 Å². The third kappa shape index (κ3) is 4.51. The first-order valence-corrected chi connectivity index (χ1v) is 8.56. The van der Waals surface area contributed by atoms with E-state index in [1.807, 2.05) is 6.92 Å². The van der Waals surface area contributed by atoms with Gasteiger partial charge in [0.25, 0.3) is 0 Å². The number of carboxylic acids is 1. The minimum absolute atomic E-state index is 0.373. The Morgan fingerprint density at radius 2 is 1.84 bits per heavy atom. The van der Waals surface area contributed by atoms with Crippen molar-refractivity contribution in [3.05, 3.63) is 29.3 Å². The standard InChI is InChI=1S/C19H27NO5/c1-12-5-6-13(11-15(12)20-17(24)25-18(2,3)4)19(16(22)23)9-7-14(21)8-10-19/h5-6,11,14,21H,7-10H2,1-4H3,(H,20,24)(H,22,23). The Morgan fingerprint density at radius 3 is 2.36 bits per heavy atom. The number of hydrogen-bond acceptors (Lipinski definition) is 4. The van der Waals surface area contributed by atoms with Crippen molar-refractivity contribution in [3.8, 4) is 0 Å². The number of aliphatic hydroxyl groups excluding tert-OH is 1. The van der Waals surface area contributed by atoms with Crippen molar-refractivity contribution in [1.82, 2.24) is 0 Å². The molecule has 1 fully saturated rings. The SMILES string of the molecule is Cc1ccc(C2(C(=O)O)CCC(O)CC2)cc1NC(=O)OC(C)(C)C. The average Bonchev–Trinajstić information content (AvgIpc) is 2.48. The van der Waals surface area contributed by atoms with E-state index in [-0.39, 0.29) is 0 Å². The van der Waals surface area contributed by atoms with Crippen molar-refractivity contribution in [3.63, 3.8) is 0 Å². The smallest absolute Gasteiger partial charge is 0.412 e. The Labute approximate surface area is 148 Å². The molecule has 1 aliphatic carbocycles. The summed E-state index contributed by atoms with van der Waals surface area (Å²) in [5, 5.41) is 22.3. The molecule has 2 rings (SSSR count). The quantitative estimate of drug-likeness (QED) is 0.775. The lowest BCUT2D eigenvalue weighted by molar-refractivity contribution is -0.146. The molecule has 6 nitrogen and oxygen atoms in total. The van der Waals surface area contributed by atoms with E-state index in [1.165, 1.54) is 0 Å². The molecular weight excluding hydrogens is 322 g/mol. The molecule has 0 aromatic heterocycles. The molecular formula is C19H27NO5. The maximum Gasteiger partial charge on any atom is 0.412 e. The molecule has 138 valence electrons. The molecule has 0 saturated heterocycles. The minimum atomic E-state index is -1.03. The van der Waals surface area contributed by atoms with Gasteiger partial charge in [0, 0.05) is 5.69 Å². The number of benzene rings is 1. The molecule has 0 heterocycles. The fourth-order valence-corrected chi connectivity index (χ4v) is 3.19. The fraction of sp³-hybridized carbons (Fsp3) is 0.579. The molecule has 6 heteroatoms. The van der Waals surface area contributed by atoms with Crippen molar-refractivity contribution < 1.29 is 24.5 Å². The lowest BCUT2D eigenvalue weighted by atomic mass is 9.68. The summed E-state index contributed by atoms with van der Waals surface area (Å²) in [4.78, 5) is 24.0. The summed E-state index contributed by atoms with van der Waals surface area (Å²) in [5.74, 6) is -0.897. The van der Waals surface area contributed by atoms with E-state index in [2.05, 4.69) is 5.32 Å². The summed E-state index contributed by atoms with van der Waals surface area (Å²) in [5.41, 5.74) is 0.363. The van der Waals surface area contributed by atoms with Crippen LogP contribution in [-0.2, 0) is 14.9 Å². The second-order valence-electron chi connectivity index (χ2n) is 7.78. The third-order valence-electron chi connectivity index (χ3n) is 4.64. The maximum atomic E-state index is 12.0. The number of carbonyl (C=O) groups excluding carboxylic acids is 1. The van der Waals surface area contributed by atoms with Gasteiger partial charge in [-0.05, 0) is 70.6 Å². The summed E-state index contributed by atoms with van der Waals surface area (Å²) in [6, 6.07) is 5.31. The van der Waals surface area contributed by atoms with Gasteiger partial charge in [-0.3, -0.25) is 10.1 Å². The van der Waals surface area contributed by atoms with E-state index in [9.17, 15) is 19.8 Å². The van der Waals surface area contributed by atoms with Crippen LogP contribution in [0.15, 0.2) is 18.2 Å². The van der Waals surface area contributed by atoms with E-state index in [4.69, 9.17) is 4.74 Å². The predicted molar refractivity (Wildman–Crippen MR) is 94.8 cm³/mol. The number of amides is 1. The van der Waals surface area contributed by atoms with Crippen molar-refractivity contribution in [1.29, 1.82) is 0 Å². The van der Waals surface area contributed by atoms with Crippen molar-refractivity contribution in [2.24, 2.45) is 0 Å². The summed E-state index contributed by atoms with van der Waals surface area (Å²) in [6.45, 7) is 7.18. The largest absolute Gasteiger partial charge is 0.481 e. The highest BCUT2D eigenvalue weighted by molar-refractivity contribution is 5.87. The Kier molecular flexibility index (Phi) is 5.42. The molecule has 0 aliphatic heterocycles. The Hall–Kier alpha value is -2.08. The van der Waals surface area contributed by atoms with Gasteiger partial charge in [-0.25, -0.2) is 4.79 Å². The van der Waals surface area contributed by atoms with Crippen LogP contribution < -0.4 is 5.32 Å². The lowest BCUT2D eigenvalue weighted by Crippen LogP contribution is -2.40. The molecule has 1 aromatic carbocycles. The molecule has 0 spiro atoms. The fourth-order valence-electron chi connectivity index (χ4n) is 3.19. The molecule has 25 heavy (non-hydrogen) atoms. The molecule has 0 atom stereocenters. The summed E-state index contributed by atoms with van der Waals surface area (Å²) >= 11 is 0. The van der Waals surface area contributed by atoms with Crippen LogP contribution in [0.2, 0.25) is 0 Å². The number of aliphatic hydroxyl groups is 1. The van der Waals surface area contributed by atoms with Gasteiger partial charge < -0.3 is 14.9 Å². The molecule has 0 radical (unpaired) electrons. The predicted octanol–water partition coefficient (Wildman–Crippen LogP) is 3.60. The highest BCUT2D eigenvalue weighted by atomic mass is 16.6. The molecule has 0 unspecified atom stereocenters. The number of ether oxygens (including phenoxy) is 1. The van der Waals surface area contributed by atoms with Crippen molar-refractivity contribution in [2.45, 2.75) is 70.5 Å². The Bertz CT molecular complexity index is 654. The average molecular weight is 349 g/mol. The first-order valence-electron chi connectivity index (χ1n) is 8.56. The first-order chi connectivity index (χ1) is 11.5. The number of aliphatic carboxylic acids is 1. The van der Waals surface area contributed by atoms with Gasteiger partial charge in [0.2, 0.25) is 0 Å². The highest BCUT2D eigenvalue weighted by Crippen LogP contribution is 2.41. The van der Waals surface area contributed by atoms with E-state index in [0.717, 1.165) is 5.56 Å². The molecule has 3 N–H and O–H groups in total. The zero-order chi connectivity index (χ0) is 18.8. The molecule has 1 aromatic rings. The number of anilines is 1. The van der Waals surface area contributed by atoms with Crippen LogP contribution in [0.1, 0.15) is 57.6 Å². The van der Waals surface area contributed by atoms with Crippen molar-refractivity contribution >= 4 is 17.7 Å². The number of carbonyl (C=O) groups is 2. The number of carboxylic acid groups (broad SMARTS) is 1. The molecule has 0 bridgehead atoms. The van der Waals surface area contributed by atoms with Crippen LogP contribution in [0.5, 0.6) is 0 Å². The van der Waals surface area contributed by atoms with E-state index in [0.29, 0.717) is 36.9 Å². The monoisotopic (exact) mass is 349 g/mol. The summed E-state index contributed by atoms with van der Waals surface area (Å²) in [7, 11) is 0. The number of hydrogen-bond donors (Lipinski definition) is 3. The van der Waals surface area contributed by atoms with Crippen LogP contribution in [0.3, 0.4) is 0 Å². The zero-order valence-electron chi connectivity index (χ0n) is 15.3. The van der Waals surface area contributed by atoms with Gasteiger partial charge in [0.1, 0.15) is 5.60 Å². The van der Waals surface area contributed by atoms with E-state index < -0.39 is 29.2 Å². The van der Waals surface area contributed by atoms with Gasteiger partial charge in [-0.15, -0.1) is 0 Å². The maximum absolute atomic E-state index is 12.0.